The summed E-state index contributed by atoms with van der Waals surface area (Å²) in [6, 6.07) is 11.4. The molecule has 0 radical (unpaired) electrons. The number of ether oxygens (including phenoxy) is 1. The Balaban J connectivity index is 1.96. The molecule has 1 fully saturated rings. The van der Waals surface area contributed by atoms with E-state index in [4.69, 9.17) is 4.74 Å². The van der Waals surface area contributed by atoms with Crippen LogP contribution in [-0.2, 0) is 21.2 Å². The molecule has 0 saturated carbocycles. The van der Waals surface area contributed by atoms with Crippen LogP contribution in [0.15, 0.2) is 61.2 Å². The van der Waals surface area contributed by atoms with Crippen molar-refractivity contribution in [2.75, 3.05) is 18.5 Å². The van der Waals surface area contributed by atoms with Crippen molar-refractivity contribution in [1.29, 1.82) is 0 Å². The maximum Gasteiger partial charge on any atom is 0.416 e. The Labute approximate surface area is 171 Å². The van der Waals surface area contributed by atoms with Crippen molar-refractivity contribution in [3.8, 4) is 0 Å². The predicted molar refractivity (Wildman–Crippen MR) is 106 cm³/mol. The Kier molecular flexibility index (Phi) is 6.26. The van der Waals surface area contributed by atoms with Gasteiger partial charge in [-0.25, -0.2) is 0 Å². The number of hydrogen-bond donors (Lipinski definition) is 2. The summed E-state index contributed by atoms with van der Waals surface area (Å²) >= 11 is 0. The molecule has 30 heavy (non-hydrogen) atoms. The minimum absolute atomic E-state index is 0.200. The maximum atomic E-state index is 13.2. The van der Waals surface area contributed by atoms with Crippen LogP contribution in [0.4, 0.5) is 18.9 Å². The van der Waals surface area contributed by atoms with Gasteiger partial charge < -0.3 is 15.4 Å². The second-order valence-corrected chi connectivity index (χ2v) is 6.97. The van der Waals surface area contributed by atoms with E-state index in [1.807, 2.05) is 0 Å². The van der Waals surface area contributed by atoms with E-state index in [1.54, 1.807) is 24.3 Å². The summed E-state index contributed by atoms with van der Waals surface area (Å²) in [6.45, 7) is 3.98. The lowest BCUT2D eigenvalue weighted by molar-refractivity contribution is -0.137. The fourth-order valence-electron chi connectivity index (χ4n) is 3.46. The molecule has 1 heterocycles. The van der Waals surface area contributed by atoms with Crippen molar-refractivity contribution < 1.29 is 27.5 Å². The smallest absolute Gasteiger partial charge is 0.381 e. The molecule has 2 aromatic carbocycles. The van der Waals surface area contributed by atoms with Gasteiger partial charge >= 0.3 is 6.18 Å². The number of carbonyl (C=O) groups excluding carboxylic acids is 2. The molecule has 2 N–H and O–H groups in total. The third-order valence-electron chi connectivity index (χ3n) is 5.06. The molecule has 0 aromatic heterocycles. The summed E-state index contributed by atoms with van der Waals surface area (Å²) in [4.78, 5) is 24.8. The van der Waals surface area contributed by atoms with Gasteiger partial charge in [0.15, 0.2) is 0 Å². The van der Waals surface area contributed by atoms with Crippen molar-refractivity contribution in [1.82, 2.24) is 5.32 Å². The molecular formula is C22H21F3N2O3. The van der Waals surface area contributed by atoms with Crippen LogP contribution in [-0.4, -0.2) is 25.0 Å². The van der Waals surface area contributed by atoms with E-state index in [9.17, 15) is 22.8 Å². The molecular weight excluding hydrogens is 397 g/mol. The number of carbonyl (C=O) groups is 2. The Morgan fingerprint density at radius 2 is 1.77 bits per heavy atom. The third-order valence-corrected chi connectivity index (χ3v) is 5.06. The molecule has 8 heteroatoms. The van der Waals surface area contributed by atoms with Crippen LogP contribution in [0.3, 0.4) is 0 Å². The molecule has 1 aliphatic heterocycles. The molecule has 0 atom stereocenters. The van der Waals surface area contributed by atoms with E-state index in [-0.39, 0.29) is 11.3 Å². The SMILES string of the molecule is C=CC(=O)Nc1ccccc1C(=O)NC1(c2cccc(C(F)(F)F)c2)CCOCC1. The highest BCUT2D eigenvalue weighted by atomic mass is 19.4. The van der Waals surface area contributed by atoms with Crippen LogP contribution < -0.4 is 10.6 Å². The number of para-hydroxylation sites is 1. The highest BCUT2D eigenvalue weighted by Crippen LogP contribution is 2.37. The summed E-state index contributed by atoms with van der Waals surface area (Å²) in [5, 5.41) is 5.48. The maximum absolute atomic E-state index is 13.2. The zero-order chi connectivity index (χ0) is 21.8. The summed E-state index contributed by atoms with van der Waals surface area (Å²) < 4.78 is 45.1. The summed E-state index contributed by atoms with van der Waals surface area (Å²) in [5.41, 5.74) is -0.955. The first-order valence-electron chi connectivity index (χ1n) is 9.36. The number of benzene rings is 2. The van der Waals surface area contributed by atoms with E-state index >= 15 is 0 Å². The second-order valence-electron chi connectivity index (χ2n) is 6.97. The topological polar surface area (TPSA) is 67.4 Å². The Morgan fingerprint density at radius 3 is 2.43 bits per heavy atom. The van der Waals surface area contributed by atoms with Crippen molar-refractivity contribution in [3.05, 3.63) is 77.9 Å². The minimum Gasteiger partial charge on any atom is -0.381 e. The number of halogens is 3. The molecule has 1 saturated heterocycles. The molecule has 2 amide bonds. The Bertz CT molecular complexity index is 951. The van der Waals surface area contributed by atoms with Gasteiger partial charge in [0.1, 0.15) is 0 Å². The van der Waals surface area contributed by atoms with Crippen LogP contribution in [0.2, 0.25) is 0 Å². The van der Waals surface area contributed by atoms with Crippen LogP contribution in [0.1, 0.15) is 34.3 Å². The highest BCUT2D eigenvalue weighted by molar-refractivity contribution is 6.06. The third kappa shape index (κ3) is 4.71. The molecule has 158 valence electrons. The molecule has 0 spiro atoms. The molecule has 0 aliphatic carbocycles. The molecule has 5 nitrogen and oxygen atoms in total. The first kappa shape index (κ1) is 21.6. The zero-order valence-electron chi connectivity index (χ0n) is 16.1. The van der Waals surface area contributed by atoms with Gasteiger partial charge in [-0.1, -0.05) is 30.8 Å². The summed E-state index contributed by atoms with van der Waals surface area (Å²) in [6.07, 6.45) is -2.77. The molecule has 0 unspecified atom stereocenters. The normalized spacial score (nSPS) is 15.8. The number of hydrogen-bond acceptors (Lipinski definition) is 3. The predicted octanol–water partition coefficient (Wildman–Crippen LogP) is 4.27. The van der Waals surface area contributed by atoms with Crippen molar-refractivity contribution >= 4 is 17.5 Å². The lowest BCUT2D eigenvalue weighted by Gasteiger charge is -2.39. The van der Waals surface area contributed by atoms with E-state index in [2.05, 4.69) is 17.2 Å². The number of rotatable bonds is 5. The largest absolute Gasteiger partial charge is 0.416 e. The van der Waals surface area contributed by atoms with Crippen LogP contribution in [0.5, 0.6) is 0 Å². The number of alkyl halides is 3. The van der Waals surface area contributed by atoms with Gasteiger partial charge in [0, 0.05) is 13.2 Å². The van der Waals surface area contributed by atoms with Gasteiger partial charge in [-0.15, -0.1) is 0 Å². The Morgan fingerprint density at radius 1 is 1.07 bits per heavy atom. The quantitative estimate of drug-likeness (QED) is 0.713. The van der Waals surface area contributed by atoms with Crippen LogP contribution in [0.25, 0.3) is 0 Å². The van der Waals surface area contributed by atoms with E-state index in [0.717, 1.165) is 18.2 Å². The average Bonchev–Trinajstić information content (AvgIpc) is 2.74. The molecule has 3 rings (SSSR count). The fourth-order valence-corrected chi connectivity index (χ4v) is 3.46. The highest BCUT2D eigenvalue weighted by Gasteiger charge is 2.39. The van der Waals surface area contributed by atoms with Gasteiger partial charge in [0.2, 0.25) is 5.91 Å². The van der Waals surface area contributed by atoms with Gasteiger partial charge in [-0.05, 0) is 48.7 Å². The van der Waals surface area contributed by atoms with Crippen molar-refractivity contribution in [2.24, 2.45) is 0 Å². The molecule has 1 aliphatic rings. The lowest BCUT2D eigenvalue weighted by atomic mass is 9.81. The van der Waals surface area contributed by atoms with Crippen LogP contribution >= 0.6 is 0 Å². The monoisotopic (exact) mass is 418 g/mol. The number of amides is 2. The van der Waals surface area contributed by atoms with Gasteiger partial charge in [-0.3, -0.25) is 9.59 Å². The fraction of sp³-hybridized carbons (Fsp3) is 0.273. The van der Waals surface area contributed by atoms with Gasteiger partial charge in [-0.2, -0.15) is 13.2 Å². The minimum atomic E-state index is -4.49. The standard InChI is InChI=1S/C22H21F3N2O3/c1-2-19(28)26-18-9-4-3-8-17(18)20(29)27-21(10-12-30-13-11-21)15-6-5-7-16(14-15)22(23,24)25/h2-9,14H,1,10-13H2,(H,26,28)(H,27,29). The first-order chi connectivity index (χ1) is 14.2. The number of nitrogens with one attached hydrogen (secondary N) is 2. The van der Waals surface area contributed by atoms with E-state index in [0.29, 0.717) is 31.6 Å². The van der Waals surface area contributed by atoms with Gasteiger partial charge in [0.25, 0.3) is 5.91 Å². The van der Waals surface area contributed by atoms with E-state index < -0.39 is 29.1 Å². The summed E-state index contributed by atoms with van der Waals surface area (Å²) in [5.74, 6) is -0.983. The zero-order valence-corrected chi connectivity index (χ0v) is 16.1. The average molecular weight is 418 g/mol. The molecule has 0 bridgehead atoms. The first-order valence-corrected chi connectivity index (χ1v) is 9.36. The van der Waals surface area contributed by atoms with Crippen LogP contribution in [0, 0.1) is 0 Å². The van der Waals surface area contributed by atoms with Crippen molar-refractivity contribution in [3.63, 3.8) is 0 Å². The van der Waals surface area contributed by atoms with Gasteiger partial charge in [0.05, 0.1) is 22.4 Å². The molecule has 2 aromatic rings. The van der Waals surface area contributed by atoms with E-state index in [1.165, 1.54) is 12.1 Å². The lowest BCUT2D eigenvalue weighted by Crippen LogP contribution is -2.49. The number of anilines is 1. The second kappa shape index (κ2) is 8.71. The Hall–Kier alpha value is -3.13. The summed E-state index contributed by atoms with van der Waals surface area (Å²) in [7, 11) is 0. The van der Waals surface area contributed by atoms with Crippen molar-refractivity contribution in [2.45, 2.75) is 24.6 Å².